The normalized spacial score (nSPS) is 18.3. The molecule has 4 aromatic rings. The van der Waals surface area contributed by atoms with Crippen molar-refractivity contribution in [3.05, 3.63) is 77.6 Å². The topological polar surface area (TPSA) is 143 Å². The number of rotatable bonds is 6. The summed E-state index contributed by atoms with van der Waals surface area (Å²) in [6, 6.07) is 8.57. The van der Waals surface area contributed by atoms with Gasteiger partial charge in [-0.05, 0) is 49.4 Å². The van der Waals surface area contributed by atoms with Crippen molar-refractivity contribution >= 4 is 22.7 Å². The van der Waals surface area contributed by atoms with Gasteiger partial charge in [0, 0.05) is 34.4 Å². The Labute approximate surface area is 218 Å². The number of aromatic amines is 1. The van der Waals surface area contributed by atoms with Crippen LogP contribution in [0.4, 0.5) is 17.6 Å². The first-order chi connectivity index (χ1) is 18.3. The fourth-order valence-corrected chi connectivity index (χ4v) is 4.34. The second-order valence-corrected chi connectivity index (χ2v) is 9.41. The number of pyridine rings is 2. The van der Waals surface area contributed by atoms with Crippen molar-refractivity contribution in [2.24, 2.45) is 5.73 Å². The van der Waals surface area contributed by atoms with E-state index in [9.17, 15) is 32.3 Å². The van der Waals surface area contributed by atoms with Crippen LogP contribution in [-0.4, -0.2) is 51.2 Å². The maximum atomic E-state index is 14.5. The number of aromatic nitrogens is 3. The summed E-state index contributed by atoms with van der Waals surface area (Å²) in [7, 11) is 0. The molecule has 0 aliphatic carbocycles. The van der Waals surface area contributed by atoms with Crippen molar-refractivity contribution < 1.29 is 37.0 Å². The van der Waals surface area contributed by atoms with E-state index in [-0.39, 0.29) is 34.9 Å². The van der Waals surface area contributed by atoms with Gasteiger partial charge in [-0.15, -0.1) is 0 Å². The minimum Gasteiger partial charge on any atom is -0.489 e. The van der Waals surface area contributed by atoms with Gasteiger partial charge in [-0.2, -0.15) is 13.2 Å². The van der Waals surface area contributed by atoms with Gasteiger partial charge in [0.05, 0.1) is 12.2 Å². The van der Waals surface area contributed by atoms with Crippen LogP contribution in [0.3, 0.4) is 0 Å². The number of benzene rings is 1. The lowest BCUT2D eigenvalue weighted by Gasteiger charge is -2.31. The average molecular weight is 543 g/mol. The average Bonchev–Trinajstić information content (AvgIpc) is 3.49. The second kappa shape index (κ2) is 9.05. The number of hydrogen-bond acceptors (Lipinski definition) is 6. The zero-order valence-corrected chi connectivity index (χ0v) is 20.3. The van der Waals surface area contributed by atoms with Crippen LogP contribution in [-0.2, 0) is 15.8 Å². The van der Waals surface area contributed by atoms with E-state index in [4.69, 9.17) is 10.5 Å². The molecular weight excluding hydrogens is 522 g/mol. The van der Waals surface area contributed by atoms with Gasteiger partial charge in [0.15, 0.2) is 0 Å². The largest absolute Gasteiger partial charge is 0.489 e. The van der Waals surface area contributed by atoms with Crippen LogP contribution in [0.1, 0.15) is 28.7 Å². The first-order valence-corrected chi connectivity index (χ1v) is 11.6. The number of alkyl halides is 3. The Balaban J connectivity index is 1.59. The van der Waals surface area contributed by atoms with Gasteiger partial charge in [-0.1, -0.05) is 0 Å². The molecule has 0 saturated heterocycles. The SMILES string of the molecule is C[C@]1(C(N)=O)COc2c1cc(C(O)(CNC(=O)c1cc3cnccc3[nH]1)C(F)(F)F)nc2-c1ccc(F)cc1. The number of fused-ring (bicyclic) bond motifs is 2. The predicted octanol–water partition coefficient (Wildman–Crippen LogP) is 3.08. The van der Waals surface area contributed by atoms with Crippen molar-refractivity contribution in [1.82, 2.24) is 20.3 Å². The third-order valence-corrected chi connectivity index (χ3v) is 6.80. The third kappa shape index (κ3) is 4.34. The Morgan fingerprint density at radius 2 is 1.92 bits per heavy atom. The molecule has 0 spiro atoms. The number of halogens is 4. The van der Waals surface area contributed by atoms with Gasteiger partial charge in [-0.25, -0.2) is 9.37 Å². The van der Waals surface area contributed by atoms with Gasteiger partial charge < -0.3 is 25.9 Å². The Morgan fingerprint density at radius 1 is 1.21 bits per heavy atom. The highest BCUT2D eigenvalue weighted by Gasteiger charge is 2.57. The van der Waals surface area contributed by atoms with Crippen molar-refractivity contribution in [2.45, 2.75) is 24.1 Å². The minimum atomic E-state index is -5.32. The molecule has 1 aliphatic rings. The lowest BCUT2D eigenvalue weighted by molar-refractivity contribution is -0.265. The number of aliphatic hydroxyl groups is 1. The molecule has 3 aromatic heterocycles. The Hall–Kier alpha value is -4.52. The molecule has 1 aromatic carbocycles. The van der Waals surface area contributed by atoms with Crippen molar-refractivity contribution in [3.8, 4) is 17.0 Å². The molecule has 4 heterocycles. The number of nitrogens with one attached hydrogen (secondary N) is 2. The van der Waals surface area contributed by atoms with Crippen molar-refractivity contribution in [1.29, 1.82) is 0 Å². The molecule has 1 unspecified atom stereocenters. The highest BCUT2D eigenvalue weighted by atomic mass is 19.4. The lowest BCUT2D eigenvalue weighted by Crippen LogP contribution is -2.52. The molecule has 5 rings (SSSR count). The standard InChI is InChI=1S/C26H21F4N5O4/c1-24(23(31)37)12-39-21-16(24)9-19(35-20(21)13-2-4-15(27)5-3-13)25(38,26(28,29)30)11-33-22(36)18-8-14-10-32-7-6-17(14)34-18/h2-10,34,38H,11-12H2,1H3,(H2,31,37)(H,33,36)/t24-,25?/m0/s1. The molecule has 1 aliphatic heterocycles. The number of primary amides is 1. The van der Waals surface area contributed by atoms with Gasteiger partial charge in [0.2, 0.25) is 11.5 Å². The zero-order valence-electron chi connectivity index (χ0n) is 20.3. The molecule has 0 bridgehead atoms. The first-order valence-electron chi connectivity index (χ1n) is 11.6. The molecule has 0 radical (unpaired) electrons. The molecule has 5 N–H and O–H groups in total. The van der Waals surface area contributed by atoms with E-state index in [1.165, 1.54) is 37.5 Å². The summed E-state index contributed by atoms with van der Waals surface area (Å²) in [5.41, 5.74) is -0.128. The lowest BCUT2D eigenvalue weighted by atomic mass is 9.81. The summed E-state index contributed by atoms with van der Waals surface area (Å²) in [6.07, 6.45) is -2.38. The van der Waals surface area contributed by atoms with Gasteiger partial charge >= 0.3 is 6.18 Å². The Morgan fingerprint density at radius 3 is 2.56 bits per heavy atom. The molecular formula is C26H21F4N5O4. The number of carbonyl (C=O) groups excluding carboxylic acids is 2. The van der Waals surface area contributed by atoms with Crippen LogP contribution in [0, 0.1) is 5.82 Å². The summed E-state index contributed by atoms with van der Waals surface area (Å²) >= 11 is 0. The number of hydrogen-bond donors (Lipinski definition) is 4. The maximum absolute atomic E-state index is 14.5. The Bertz CT molecular complexity index is 1570. The third-order valence-electron chi connectivity index (χ3n) is 6.80. The quantitative estimate of drug-likeness (QED) is 0.275. The van der Waals surface area contributed by atoms with Crippen LogP contribution in [0.15, 0.2) is 54.9 Å². The van der Waals surface area contributed by atoms with Crippen molar-refractivity contribution in [2.75, 3.05) is 13.2 Å². The summed E-state index contributed by atoms with van der Waals surface area (Å²) in [5.74, 6) is -2.41. The van der Waals surface area contributed by atoms with Gasteiger partial charge in [0.25, 0.3) is 5.91 Å². The van der Waals surface area contributed by atoms with Crippen LogP contribution >= 0.6 is 0 Å². The fourth-order valence-electron chi connectivity index (χ4n) is 4.34. The van der Waals surface area contributed by atoms with Crippen LogP contribution < -0.4 is 15.8 Å². The molecule has 39 heavy (non-hydrogen) atoms. The maximum Gasteiger partial charge on any atom is 0.424 e. The van der Waals surface area contributed by atoms with E-state index in [0.717, 1.165) is 18.2 Å². The molecule has 13 heteroatoms. The van der Waals surface area contributed by atoms with Crippen molar-refractivity contribution in [3.63, 3.8) is 0 Å². The summed E-state index contributed by atoms with van der Waals surface area (Å²) in [4.78, 5) is 35.8. The first kappa shape index (κ1) is 26.1. The molecule has 0 saturated carbocycles. The molecule has 2 atom stereocenters. The second-order valence-electron chi connectivity index (χ2n) is 9.41. The van der Waals surface area contributed by atoms with Crippen LogP contribution in [0.5, 0.6) is 5.75 Å². The number of amides is 2. The summed E-state index contributed by atoms with van der Waals surface area (Å²) < 4.78 is 62.6. The van der Waals surface area contributed by atoms with E-state index < -0.39 is 47.1 Å². The number of nitrogens with two attached hydrogens (primary N) is 1. The van der Waals surface area contributed by atoms with E-state index in [1.807, 2.05) is 0 Å². The zero-order chi connectivity index (χ0) is 28.2. The molecule has 2 amide bonds. The number of H-pyrrole nitrogens is 1. The predicted molar refractivity (Wildman–Crippen MR) is 130 cm³/mol. The highest BCUT2D eigenvalue weighted by molar-refractivity contribution is 5.97. The highest BCUT2D eigenvalue weighted by Crippen LogP contribution is 2.47. The molecule has 202 valence electrons. The number of carbonyl (C=O) groups is 2. The number of nitrogens with zero attached hydrogens (tertiary/aromatic N) is 2. The van der Waals surface area contributed by atoms with E-state index >= 15 is 0 Å². The smallest absolute Gasteiger partial charge is 0.424 e. The molecule has 9 nitrogen and oxygen atoms in total. The van der Waals surface area contributed by atoms with Crippen LogP contribution in [0.2, 0.25) is 0 Å². The summed E-state index contributed by atoms with van der Waals surface area (Å²) in [6.45, 7) is -0.211. The fraction of sp³-hybridized carbons (Fsp3) is 0.231. The van der Waals surface area contributed by atoms with E-state index in [0.29, 0.717) is 10.9 Å². The Kier molecular flexibility index (Phi) is 6.06. The van der Waals surface area contributed by atoms with E-state index in [1.54, 1.807) is 6.07 Å². The van der Waals surface area contributed by atoms with Crippen LogP contribution in [0.25, 0.3) is 22.2 Å². The molecule has 0 fully saturated rings. The summed E-state index contributed by atoms with van der Waals surface area (Å²) in [5, 5.41) is 13.7. The van der Waals surface area contributed by atoms with E-state index in [2.05, 4.69) is 20.3 Å². The van der Waals surface area contributed by atoms with Gasteiger partial charge in [-0.3, -0.25) is 14.6 Å². The number of ether oxygens (including phenoxy) is 1. The van der Waals surface area contributed by atoms with Gasteiger partial charge in [0.1, 0.15) is 35.0 Å². The monoisotopic (exact) mass is 543 g/mol. The minimum absolute atomic E-state index is 0.0214.